The van der Waals surface area contributed by atoms with Gasteiger partial charge in [0.1, 0.15) is 5.00 Å². The van der Waals surface area contributed by atoms with Gasteiger partial charge in [-0.05, 0) is 38.8 Å². The maximum atomic E-state index is 12.1. The monoisotopic (exact) mass is 296 g/mol. The van der Waals surface area contributed by atoms with Crippen LogP contribution in [0.15, 0.2) is 0 Å². The lowest BCUT2D eigenvalue weighted by atomic mass is 10.1. The Morgan fingerprint density at radius 3 is 2.80 bits per heavy atom. The fraction of sp³-hybridized carbons (Fsp3) is 0.571. The van der Waals surface area contributed by atoms with Crippen LogP contribution in [0.3, 0.4) is 0 Å². The van der Waals surface area contributed by atoms with Crippen molar-refractivity contribution in [2.75, 3.05) is 19.0 Å². The van der Waals surface area contributed by atoms with Gasteiger partial charge < -0.3 is 15.4 Å². The van der Waals surface area contributed by atoms with E-state index in [1.165, 1.54) is 18.4 Å². The second kappa shape index (κ2) is 6.37. The fourth-order valence-electron chi connectivity index (χ4n) is 2.40. The van der Waals surface area contributed by atoms with Crippen molar-refractivity contribution in [3.8, 4) is 0 Å². The highest BCUT2D eigenvalue weighted by molar-refractivity contribution is 7.16. The van der Waals surface area contributed by atoms with E-state index in [0.29, 0.717) is 17.0 Å². The number of esters is 1. The highest BCUT2D eigenvalue weighted by atomic mass is 32.1. The second-order valence-corrected chi connectivity index (χ2v) is 6.25. The first-order valence-corrected chi connectivity index (χ1v) is 7.56. The zero-order valence-electron chi connectivity index (χ0n) is 12.0. The molecule has 1 atom stereocenters. The lowest BCUT2D eigenvalue weighted by Crippen LogP contribution is -2.27. The zero-order chi connectivity index (χ0) is 14.7. The van der Waals surface area contributed by atoms with E-state index in [2.05, 4.69) is 10.6 Å². The first kappa shape index (κ1) is 15.0. The van der Waals surface area contributed by atoms with E-state index >= 15 is 0 Å². The number of hydrogen-bond donors (Lipinski definition) is 2. The van der Waals surface area contributed by atoms with Gasteiger partial charge in [-0.15, -0.1) is 11.3 Å². The van der Waals surface area contributed by atoms with E-state index < -0.39 is 5.97 Å². The molecule has 0 bridgehead atoms. The number of aryl methyl sites for hydroxylation is 1. The molecule has 1 aliphatic heterocycles. The topological polar surface area (TPSA) is 67.4 Å². The predicted octanol–water partition coefficient (Wildman–Crippen LogP) is 2.23. The lowest BCUT2D eigenvalue weighted by molar-refractivity contribution is -0.116. The van der Waals surface area contributed by atoms with Gasteiger partial charge in [0.05, 0.1) is 12.7 Å². The maximum absolute atomic E-state index is 12.1. The number of carbonyl (C=O) groups is 2. The van der Waals surface area contributed by atoms with E-state index in [0.717, 1.165) is 29.8 Å². The zero-order valence-corrected chi connectivity index (χ0v) is 12.9. The number of ether oxygens (including phenoxy) is 1. The molecule has 5 nitrogen and oxygen atoms in total. The molecule has 0 aliphatic carbocycles. The smallest absolute Gasteiger partial charge is 0.341 e. The summed E-state index contributed by atoms with van der Waals surface area (Å²) in [6.07, 6.45) is 2.58. The van der Waals surface area contributed by atoms with Gasteiger partial charge in [-0.25, -0.2) is 4.79 Å². The molecule has 1 unspecified atom stereocenters. The quantitative estimate of drug-likeness (QED) is 0.836. The predicted molar refractivity (Wildman–Crippen MR) is 79.4 cm³/mol. The van der Waals surface area contributed by atoms with Crippen LogP contribution in [-0.2, 0) is 9.53 Å². The molecule has 110 valence electrons. The fourth-order valence-corrected chi connectivity index (χ4v) is 3.46. The molecule has 0 radical (unpaired) electrons. The van der Waals surface area contributed by atoms with Crippen molar-refractivity contribution < 1.29 is 14.3 Å². The molecule has 2 heterocycles. The average molecular weight is 296 g/mol. The van der Waals surface area contributed by atoms with E-state index in [9.17, 15) is 9.59 Å². The minimum atomic E-state index is -0.402. The third-order valence-corrected chi connectivity index (χ3v) is 4.74. The van der Waals surface area contributed by atoms with Crippen molar-refractivity contribution in [3.63, 3.8) is 0 Å². The number of methoxy groups -OCH3 is 1. The molecular formula is C14H20N2O3S. The number of nitrogens with one attached hydrogen (secondary N) is 2. The summed E-state index contributed by atoms with van der Waals surface area (Å²) < 4.78 is 4.79. The minimum absolute atomic E-state index is 0.0594. The summed E-state index contributed by atoms with van der Waals surface area (Å²) >= 11 is 1.42. The number of rotatable bonds is 4. The van der Waals surface area contributed by atoms with Crippen LogP contribution in [0.4, 0.5) is 5.00 Å². The van der Waals surface area contributed by atoms with Crippen LogP contribution in [0.25, 0.3) is 0 Å². The van der Waals surface area contributed by atoms with Gasteiger partial charge in [0.2, 0.25) is 5.91 Å². The number of thiophene rings is 1. The summed E-state index contributed by atoms with van der Waals surface area (Å²) in [7, 11) is 1.35. The van der Waals surface area contributed by atoms with Gasteiger partial charge >= 0.3 is 5.97 Å². The van der Waals surface area contributed by atoms with Crippen molar-refractivity contribution in [2.24, 2.45) is 0 Å². The Balaban J connectivity index is 2.10. The van der Waals surface area contributed by atoms with Gasteiger partial charge in [-0.1, -0.05) is 0 Å². The lowest BCUT2D eigenvalue weighted by Gasteiger charge is -2.10. The number of hydrogen-bond acceptors (Lipinski definition) is 5. The van der Waals surface area contributed by atoms with E-state index in [4.69, 9.17) is 4.74 Å². The molecule has 6 heteroatoms. The van der Waals surface area contributed by atoms with Crippen LogP contribution in [0, 0.1) is 13.8 Å². The van der Waals surface area contributed by atoms with E-state index in [1.54, 1.807) is 0 Å². The van der Waals surface area contributed by atoms with Crippen molar-refractivity contribution >= 4 is 28.2 Å². The van der Waals surface area contributed by atoms with E-state index in [1.807, 2.05) is 13.8 Å². The Hall–Kier alpha value is -1.40. The van der Waals surface area contributed by atoms with E-state index in [-0.39, 0.29) is 11.9 Å². The molecule has 1 aliphatic rings. The first-order chi connectivity index (χ1) is 9.52. The molecule has 1 aromatic heterocycles. The Kier molecular flexibility index (Phi) is 4.77. The van der Waals surface area contributed by atoms with Crippen molar-refractivity contribution in [1.82, 2.24) is 5.32 Å². The van der Waals surface area contributed by atoms with Gasteiger partial charge in [-0.2, -0.15) is 0 Å². The molecule has 0 spiro atoms. The molecule has 2 N–H and O–H groups in total. The van der Waals surface area contributed by atoms with Crippen molar-refractivity contribution in [3.05, 3.63) is 16.0 Å². The molecule has 1 aromatic rings. The number of carbonyl (C=O) groups excluding carboxylic acids is 2. The molecule has 20 heavy (non-hydrogen) atoms. The highest BCUT2D eigenvalue weighted by Gasteiger charge is 2.23. The van der Waals surface area contributed by atoms with Crippen LogP contribution < -0.4 is 10.6 Å². The standard InChI is InChI=1S/C14H20N2O3S/c1-8-9(2)20-13(12(8)14(18)19-3)16-11(17)7-10-5-4-6-15-10/h10,15H,4-7H2,1-3H3,(H,16,17). The molecule has 0 saturated carbocycles. The normalized spacial score (nSPS) is 18.1. The third-order valence-electron chi connectivity index (χ3n) is 3.62. The molecule has 0 aromatic carbocycles. The Morgan fingerprint density at radius 2 is 2.20 bits per heavy atom. The maximum Gasteiger partial charge on any atom is 0.341 e. The summed E-state index contributed by atoms with van der Waals surface area (Å²) in [4.78, 5) is 24.9. The Labute approximate surface area is 122 Å². The highest BCUT2D eigenvalue weighted by Crippen LogP contribution is 2.33. The van der Waals surface area contributed by atoms with Crippen LogP contribution in [0.1, 0.15) is 40.1 Å². The van der Waals surface area contributed by atoms with Gasteiger partial charge in [-0.3, -0.25) is 4.79 Å². The summed E-state index contributed by atoms with van der Waals surface area (Å²) in [5.74, 6) is -0.461. The molecule has 1 saturated heterocycles. The molecular weight excluding hydrogens is 276 g/mol. The second-order valence-electron chi connectivity index (χ2n) is 5.02. The SMILES string of the molecule is COC(=O)c1c(NC(=O)CC2CCCN2)sc(C)c1C. The third kappa shape index (κ3) is 3.19. The molecule has 1 fully saturated rings. The Bertz CT molecular complexity index is 519. The van der Waals surface area contributed by atoms with Gasteiger partial charge in [0, 0.05) is 17.3 Å². The van der Waals surface area contributed by atoms with Crippen LogP contribution in [0.2, 0.25) is 0 Å². The largest absolute Gasteiger partial charge is 0.465 e. The van der Waals surface area contributed by atoms with Crippen LogP contribution >= 0.6 is 11.3 Å². The number of anilines is 1. The average Bonchev–Trinajstić information content (AvgIpc) is 2.99. The summed E-state index contributed by atoms with van der Waals surface area (Å²) in [5, 5.41) is 6.73. The summed E-state index contributed by atoms with van der Waals surface area (Å²) in [6.45, 7) is 4.77. The molecule has 1 amide bonds. The van der Waals surface area contributed by atoms with Crippen LogP contribution in [0.5, 0.6) is 0 Å². The van der Waals surface area contributed by atoms with Crippen molar-refractivity contribution in [1.29, 1.82) is 0 Å². The molecule has 2 rings (SSSR count). The summed E-state index contributed by atoms with van der Waals surface area (Å²) in [5.41, 5.74) is 1.35. The Morgan fingerprint density at radius 1 is 1.45 bits per heavy atom. The minimum Gasteiger partial charge on any atom is -0.465 e. The van der Waals surface area contributed by atoms with Gasteiger partial charge in [0.15, 0.2) is 0 Å². The van der Waals surface area contributed by atoms with Crippen LogP contribution in [-0.4, -0.2) is 31.6 Å². The summed E-state index contributed by atoms with van der Waals surface area (Å²) in [6, 6.07) is 0.249. The number of amides is 1. The first-order valence-electron chi connectivity index (χ1n) is 6.74. The van der Waals surface area contributed by atoms with Crippen molar-refractivity contribution in [2.45, 2.75) is 39.2 Å². The van der Waals surface area contributed by atoms with Gasteiger partial charge in [0.25, 0.3) is 0 Å².